The summed E-state index contributed by atoms with van der Waals surface area (Å²) in [6.45, 7) is 6.02. The van der Waals surface area contributed by atoms with E-state index in [2.05, 4.69) is 5.32 Å². The first kappa shape index (κ1) is 15.1. The number of nitrogens with one attached hydrogen (secondary N) is 1. The normalized spacial score (nSPS) is 12.8. The van der Waals surface area contributed by atoms with E-state index in [1.807, 2.05) is 13.8 Å². The van der Waals surface area contributed by atoms with Crippen molar-refractivity contribution in [1.82, 2.24) is 5.32 Å². The van der Waals surface area contributed by atoms with Gasteiger partial charge < -0.3 is 10.1 Å². The number of ether oxygens (including phenoxy) is 1. The Morgan fingerprint density at radius 1 is 1.24 bits per heavy atom. The third kappa shape index (κ3) is 4.65. The fourth-order valence-corrected chi connectivity index (χ4v) is 2.16. The van der Waals surface area contributed by atoms with Crippen molar-refractivity contribution < 1.29 is 4.74 Å². The van der Waals surface area contributed by atoms with Crippen molar-refractivity contribution >= 4 is 34.8 Å². The first-order chi connectivity index (χ1) is 8.06. The molecule has 1 atom stereocenters. The van der Waals surface area contributed by atoms with Crippen LogP contribution >= 0.6 is 34.8 Å². The van der Waals surface area contributed by atoms with Crippen LogP contribution in [0.5, 0.6) is 0 Å². The monoisotopic (exact) mass is 295 g/mol. The molecule has 1 N–H and O–H groups in total. The van der Waals surface area contributed by atoms with Gasteiger partial charge in [0.05, 0.1) is 16.1 Å². The average molecular weight is 297 g/mol. The molecule has 2 nitrogen and oxygen atoms in total. The van der Waals surface area contributed by atoms with Crippen molar-refractivity contribution in [3.05, 3.63) is 32.8 Å². The van der Waals surface area contributed by atoms with E-state index < -0.39 is 0 Å². The van der Waals surface area contributed by atoms with Crippen LogP contribution in [0.25, 0.3) is 0 Å². The number of rotatable bonds is 6. The van der Waals surface area contributed by atoms with Crippen LogP contribution in [0, 0.1) is 0 Å². The molecule has 1 aromatic rings. The van der Waals surface area contributed by atoms with Crippen LogP contribution in [0.2, 0.25) is 15.1 Å². The Hall–Kier alpha value is 0.01000. The summed E-state index contributed by atoms with van der Waals surface area (Å²) < 4.78 is 5.41. The maximum absolute atomic E-state index is 6.09. The van der Waals surface area contributed by atoms with Gasteiger partial charge in [-0.3, -0.25) is 0 Å². The molecule has 0 saturated carbocycles. The lowest BCUT2D eigenvalue weighted by Gasteiger charge is -2.14. The van der Waals surface area contributed by atoms with Gasteiger partial charge in [0.1, 0.15) is 0 Å². The Bertz CT molecular complexity index is 371. The van der Waals surface area contributed by atoms with E-state index in [1.165, 1.54) is 0 Å². The van der Waals surface area contributed by atoms with Crippen LogP contribution in [0.15, 0.2) is 12.1 Å². The molecule has 0 amide bonds. The van der Waals surface area contributed by atoms with Gasteiger partial charge in [0.15, 0.2) is 0 Å². The highest BCUT2D eigenvalue weighted by molar-refractivity contribution is 6.44. The number of halogens is 3. The topological polar surface area (TPSA) is 21.3 Å². The summed E-state index contributed by atoms with van der Waals surface area (Å²) in [4.78, 5) is 0. The summed E-state index contributed by atoms with van der Waals surface area (Å²) in [7, 11) is 0. The maximum atomic E-state index is 6.09. The first-order valence-corrected chi connectivity index (χ1v) is 6.64. The van der Waals surface area contributed by atoms with Crippen molar-refractivity contribution in [3.63, 3.8) is 0 Å². The summed E-state index contributed by atoms with van der Waals surface area (Å²) in [5, 5.41) is 4.89. The molecule has 96 valence electrons. The third-order valence-corrected chi connectivity index (χ3v) is 3.52. The molecule has 0 spiro atoms. The van der Waals surface area contributed by atoms with Crippen LogP contribution in [0.4, 0.5) is 0 Å². The minimum Gasteiger partial charge on any atom is -0.377 e. The van der Waals surface area contributed by atoms with Crippen molar-refractivity contribution in [3.8, 4) is 0 Å². The smallest absolute Gasteiger partial charge is 0.0671 e. The van der Waals surface area contributed by atoms with Crippen molar-refractivity contribution in [2.45, 2.75) is 26.5 Å². The van der Waals surface area contributed by atoms with E-state index in [0.29, 0.717) is 28.2 Å². The van der Waals surface area contributed by atoms with Gasteiger partial charge in [-0.25, -0.2) is 0 Å². The summed E-state index contributed by atoms with van der Waals surface area (Å²) in [6.07, 6.45) is 0.164. The quantitative estimate of drug-likeness (QED) is 0.796. The molecule has 5 heteroatoms. The third-order valence-electron chi connectivity index (χ3n) is 2.32. The Labute approximate surface area is 117 Å². The van der Waals surface area contributed by atoms with Gasteiger partial charge >= 0.3 is 0 Å². The minimum atomic E-state index is 0.164. The largest absolute Gasteiger partial charge is 0.377 e. The molecule has 0 fully saturated rings. The molecule has 17 heavy (non-hydrogen) atoms. The van der Waals surface area contributed by atoms with Gasteiger partial charge in [0, 0.05) is 30.3 Å². The molecule has 1 aromatic carbocycles. The van der Waals surface area contributed by atoms with Gasteiger partial charge in [-0.1, -0.05) is 34.8 Å². The fourth-order valence-electron chi connectivity index (χ4n) is 1.47. The lowest BCUT2D eigenvalue weighted by molar-refractivity contribution is 0.0759. The summed E-state index contributed by atoms with van der Waals surface area (Å²) in [5.41, 5.74) is 0.824. The minimum absolute atomic E-state index is 0.164. The van der Waals surface area contributed by atoms with Gasteiger partial charge in [0.2, 0.25) is 0 Å². The summed E-state index contributed by atoms with van der Waals surface area (Å²) >= 11 is 18.1. The van der Waals surface area contributed by atoms with E-state index in [0.717, 1.165) is 12.1 Å². The van der Waals surface area contributed by atoms with Crippen molar-refractivity contribution in [1.29, 1.82) is 0 Å². The predicted octanol–water partition coefficient (Wildman–Crippen LogP) is 4.16. The molecule has 1 unspecified atom stereocenters. The van der Waals surface area contributed by atoms with Gasteiger partial charge in [-0.2, -0.15) is 0 Å². The fraction of sp³-hybridized carbons (Fsp3) is 0.500. The molecule has 1 rings (SSSR count). The summed E-state index contributed by atoms with van der Waals surface area (Å²) in [5.74, 6) is 0. The Morgan fingerprint density at radius 2 is 1.88 bits per heavy atom. The van der Waals surface area contributed by atoms with Gasteiger partial charge in [-0.05, 0) is 26.0 Å². The zero-order valence-electron chi connectivity index (χ0n) is 9.90. The predicted molar refractivity (Wildman–Crippen MR) is 74.3 cm³/mol. The molecule has 0 heterocycles. The zero-order chi connectivity index (χ0) is 12.8. The molecule has 0 aromatic heterocycles. The molecule has 0 saturated heterocycles. The summed E-state index contributed by atoms with van der Waals surface area (Å²) in [6, 6.07) is 3.44. The SMILES string of the molecule is CCOC(C)CNCc1c(Cl)ccc(Cl)c1Cl. The van der Waals surface area contributed by atoms with Crippen LogP contribution in [-0.2, 0) is 11.3 Å². The average Bonchev–Trinajstić information content (AvgIpc) is 2.29. The van der Waals surface area contributed by atoms with E-state index in [1.54, 1.807) is 12.1 Å². The number of hydrogen-bond donors (Lipinski definition) is 1. The molecule has 0 aliphatic carbocycles. The van der Waals surface area contributed by atoms with Gasteiger partial charge in [-0.15, -0.1) is 0 Å². The molecule has 0 radical (unpaired) electrons. The second kappa shape index (κ2) is 7.45. The Morgan fingerprint density at radius 3 is 2.53 bits per heavy atom. The number of hydrogen-bond acceptors (Lipinski definition) is 2. The molecular formula is C12H16Cl3NO. The van der Waals surface area contributed by atoms with E-state index in [4.69, 9.17) is 39.5 Å². The highest BCUT2D eigenvalue weighted by atomic mass is 35.5. The van der Waals surface area contributed by atoms with Crippen LogP contribution in [0.3, 0.4) is 0 Å². The molecular weight excluding hydrogens is 280 g/mol. The Balaban J connectivity index is 2.55. The van der Waals surface area contributed by atoms with Crippen molar-refractivity contribution in [2.24, 2.45) is 0 Å². The second-order valence-electron chi connectivity index (χ2n) is 3.72. The van der Waals surface area contributed by atoms with Crippen LogP contribution in [-0.4, -0.2) is 19.3 Å². The standard InChI is InChI=1S/C12H16Cl3NO/c1-3-17-8(2)6-16-7-9-10(13)4-5-11(14)12(9)15/h4-5,8,16H,3,6-7H2,1-2H3. The molecule has 0 aliphatic rings. The molecule has 0 bridgehead atoms. The van der Waals surface area contributed by atoms with E-state index in [-0.39, 0.29) is 6.10 Å². The van der Waals surface area contributed by atoms with E-state index in [9.17, 15) is 0 Å². The van der Waals surface area contributed by atoms with E-state index >= 15 is 0 Å². The van der Waals surface area contributed by atoms with Crippen LogP contribution < -0.4 is 5.32 Å². The zero-order valence-corrected chi connectivity index (χ0v) is 12.2. The second-order valence-corrected chi connectivity index (χ2v) is 4.91. The number of benzene rings is 1. The molecule has 0 aliphatic heterocycles. The maximum Gasteiger partial charge on any atom is 0.0671 e. The van der Waals surface area contributed by atoms with Crippen LogP contribution in [0.1, 0.15) is 19.4 Å². The van der Waals surface area contributed by atoms with Gasteiger partial charge in [0.25, 0.3) is 0 Å². The highest BCUT2D eigenvalue weighted by Gasteiger charge is 2.09. The lowest BCUT2D eigenvalue weighted by Crippen LogP contribution is -2.26. The highest BCUT2D eigenvalue weighted by Crippen LogP contribution is 2.31. The Kier molecular flexibility index (Phi) is 6.60. The van der Waals surface area contributed by atoms with Crippen molar-refractivity contribution in [2.75, 3.05) is 13.2 Å². The lowest BCUT2D eigenvalue weighted by atomic mass is 10.2. The first-order valence-electron chi connectivity index (χ1n) is 5.51.